The van der Waals surface area contributed by atoms with Gasteiger partial charge < -0.3 is 10.0 Å². The number of carbonyl (C=O) groups is 1. The number of nitrogens with zero attached hydrogens (tertiary/aromatic N) is 1. The maximum Gasteiger partial charge on any atom is 0.407 e. The molecule has 0 atom stereocenters. The molecule has 0 bridgehead atoms. The van der Waals surface area contributed by atoms with E-state index in [9.17, 15) is 13.2 Å². The maximum atomic E-state index is 11.2. The molecule has 0 unspecified atom stereocenters. The second-order valence-electron chi connectivity index (χ2n) is 3.99. The zero-order valence-electron chi connectivity index (χ0n) is 10.3. The van der Waals surface area contributed by atoms with Crippen LogP contribution < -0.4 is 4.72 Å². The molecule has 0 spiro atoms. The topological polar surface area (TPSA) is 86.7 Å². The van der Waals surface area contributed by atoms with Gasteiger partial charge in [-0.05, 0) is 18.1 Å². The van der Waals surface area contributed by atoms with Crippen molar-refractivity contribution in [3.05, 3.63) is 29.8 Å². The van der Waals surface area contributed by atoms with Crippen LogP contribution in [0, 0.1) is 0 Å². The van der Waals surface area contributed by atoms with E-state index in [2.05, 4.69) is 4.72 Å². The van der Waals surface area contributed by atoms with E-state index in [0.717, 1.165) is 16.7 Å². The minimum Gasteiger partial charge on any atom is -0.465 e. The van der Waals surface area contributed by atoms with Gasteiger partial charge >= 0.3 is 6.09 Å². The Hall–Kier alpha value is -1.76. The van der Waals surface area contributed by atoms with Gasteiger partial charge in [0.2, 0.25) is 10.0 Å². The van der Waals surface area contributed by atoms with Crippen LogP contribution in [0.2, 0.25) is 0 Å². The summed E-state index contributed by atoms with van der Waals surface area (Å²) in [5.41, 5.74) is 1.25. The second-order valence-corrected chi connectivity index (χ2v) is 5.73. The molecule has 0 radical (unpaired) electrons. The molecule has 2 N–H and O–H groups in total. The van der Waals surface area contributed by atoms with Gasteiger partial charge in [0.25, 0.3) is 0 Å². The van der Waals surface area contributed by atoms with Crippen LogP contribution in [0.25, 0.3) is 0 Å². The smallest absolute Gasteiger partial charge is 0.407 e. The summed E-state index contributed by atoms with van der Waals surface area (Å²) in [5.74, 6) is 0. The number of hydrogen-bond donors (Lipinski definition) is 2. The number of sulfonamides is 1. The maximum absolute atomic E-state index is 11.2. The van der Waals surface area contributed by atoms with Crippen molar-refractivity contribution < 1.29 is 18.3 Å². The molecule has 18 heavy (non-hydrogen) atoms. The Bertz CT molecular complexity index is 528. The summed E-state index contributed by atoms with van der Waals surface area (Å²) in [4.78, 5) is 11.8. The quantitative estimate of drug-likeness (QED) is 0.843. The first-order valence-corrected chi connectivity index (χ1v) is 7.18. The fourth-order valence-corrected chi connectivity index (χ4v) is 2.02. The summed E-state index contributed by atoms with van der Waals surface area (Å²) in [6.07, 6.45) is 0.512. The number of anilines is 1. The van der Waals surface area contributed by atoms with E-state index in [-0.39, 0.29) is 0 Å². The number of nitrogens with one attached hydrogen (secondary N) is 1. The van der Waals surface area contributed by atoms with Crippen LogP contribution in [0.15, 0.2) is 24.3 Å². The lowest BCUT2D eigenvalue weighted by molar-refractivity contribution is 0.156. The van der Waals surface area contributed by atoms with Gasteiger partial charge in [0.05, 0.1) is 11.9 Å². The summed E-state index contributed by atoms with van der Waals surface area (Å²) in [6, 6.07) is 6.92. The van der Waals surface area contributed by atoms with Crippen molar-refractivity contribution in [3.63, 3.8) is 0 Å². The average molecular weight is 272 g/mol. The molecule has 0 fully saturated rings. The lowest BCUT2D eigenvalue weighted by Crippen LogP contribution is -2.27. The Balaban J connectivity index is 2.80. The molecule has 7 heteroatoms. The third-order valence-corrected chi connectivity index (χ3v) is 2.95. The molecule has 1 rings (SSSR count). The summed E-state index contributed by atoms with van der Waals surface area (Å²) in [6.45, 7) is 0.303. The summed E-state index contributed by atoms with van der Waals surface area (Å²) in [7, 11) is -1.87. The molecular weight excluding hydrogens is 256 g/mol. The molecule has 1 aromatic carbocycles. The molecule has 0 saturated heterocycles. The van der Waals surface area contributed by atoms with Crippen molar-refractivity contribution in [1.82, 2.24) is 4.90 Å². The van der Waals surface area contributed by atoms with Gasteiger partial charge in [0.1, 0.15) is 0 Å². The van der Waals surface area contributed by atoms with Gasteiger partial charge in [-0.15, -0.1) is 0 Å². The minimum absolute atomic E-state index is 0.303. The zero-order valence-corrected chi connectivity index (χ0v) is 11.1. The lowest BCUT2D eigenvalue weighted by Gasteiger charge is -2.15. The van der Waals surface area contributed by atoms with Crippen molar-refractivity contribution in [2.24, 2.45) is 0 Å². The molecule has 0 aliphatic carbocycles. The molecule has 100 valence electrons. The number of likely N-dealkylation sites (N-methyl/N-ethyl adjacent to an activating group) is 1. The van der Waals surface area contributed by atoms with E-state index in [1.807, 2.05) is 0 Å². The van der Waals surface area contributed by atoms with Gasteiger partial charge in [-0.3, -0.25) is 4.72 Å². The van der Waals surface area contributed by atoms with Crippen LogP contribution in [0.1, 0.15) is 5.56 Å². The van der Waals surface area contributed by atoms with E-state index in [1.54, 1.807) is 24.3 Å². The third kappa shape index (κ3) is 4.62. The monoisotopic (exact) mass is 272 g/mol. The zero-order chi connectivity index (χ0) is 13.8. The first-order chi connectivity index (χ1) is 8.29. The molecule has 0 heterocycles. The van der Waals surface area contributed by atoms with E-state index < -0.39 is 16.1 Å². The number of amides is 1. The third-order valence-electron chi connectivity index (χ3n) is 2.36. The second kappa shape index (κ2) is 5.72. The SMILES string of the molecule is CN(CCc1ccccc1NS(C)(=O)=O)C(=O)O. The first kappa shape index (κ1) is 14.3. The molecule has 0 aliphatic rings. The molecule has 0 aliphatic heterocycles. The Labute approximate surface area is 106 Å². The summed E-state index contributed by atoms with van der Waals surface area (Å²) in [5, 5.41) is 8.73. The predicted octanol–water partition coefficient (Wildman–Crippen LogP) is 1.21. The molecule has 0 aromatic heterocycles. The highest BCUT2D eigenvalue weighted by molar-refractivity contribution is 7.92. The predicted molar refractivity (Wildman–Crippen MR) is 69.3 cm³/mol. The van der Waals surface area contributed by atoms with Crippen LogP contribution >= 0.6 is 0 Å². The van der Waals surface area contributed by atoms with Crippen LogP contribution in [0.4, 0.5) is 10.5 Å². The highest BCUT2D eigenvalue weighted by Gasteiger charge is 2.09. The van der Waals surface area contributed by atoms with Gasteiger partial charge in [-0.2, -0.15) is 0 Å². The van der Waals surface area contributed by atoms with Crippen molar-refractivity contribution in [1.29, 1.82) is 0 Å². The average Bonchev–Trinajstić information content (AvgIpc) is 2.25. The highest BCUT2D eigenvalue weighted by Crippen LogP contribution is 2.17. The Kier molecular flexibility index (Phi) is 4.55. The number of para-hydroxylation sites is 1. The van der Waals surface area contributed by atoms with Crippen molar-refractivity contribution in [2.75, 3.05) is 24.6 Å². The van der Waals surface area contributed by atoms with E-state index in [0.29, 0.717) is 18.7 Å². The molecule has 0 saturated carbocycles. The van der Waals surface area contributed by atoms with Crippen LogP contribution in [-0.2, 0) is 16.4 Å². The summed E-state index contributed by atoms with van der Waals surface area (Å²) >= 11 is 0. The van der Waals surface area contributed by atoms with Crippen molar-refractivity contribution >= 4 is 21.8 Å². The Morgan fingerprint density at radius 1 is 1.39 bits per heavy atom. The van der Waals surface area contributed by atoms with Gasteiger partial charge in [0.15, 0.2) is 0 Å². The van der Waals surface area contributed by atoms with Crippen LogP contribution in [0.5, 0.6) is 0 Å². The standard InChI is InChI=1S/C11H16N2O4S/c1-13(11(14)15)8-7-9-5-3-4-6-10(9)12-18(2,16)17/h3-6,12H,7-8H2,1-2H3,(H,14,15). The van der Waals surface area contributed by atoms with Crippen molar-refractivity contribution in [2.45, 2.75) is 6.42 Å². The molecule has 1 amide bonds. The first-order valence-electron chi connectivity index (χ1n) is 5.29. The highest BCUT2D eigenvalue weighted by atomic mass is 32.2. The fourth-order valence-electron chi connectivity index (χ4n) is 1.42. The minimum atomic E-state index is -3.33. The van der Waals surface area contributed by atoms with Gasteiger partial charge in [-0.25, -0.2) is 13.2 Å². The number of rotatable bonds is 5. The normalized spacial score (nSPS) is 11.0. The fraction of sp³-hybridized carbons (Fsp3) is 0.364. The van der Waals surface area contributed by atoms with E-state index in [4.69, 9.17) is 5.11 Å². The van der Waals surface area contributed by atoms with Crippen LogP contribution in [-0.4, -0.2) is 44.4 Å². The van der Waals surface area contributed by atoms with Crippen molar-refractivity contribution in [3.8, 4) is 0 Å². The molecular formula is C11H16N2O4S. The Morgan fingerprint density at radius 3 is 2.56 bits per heavy atom. The summed E-state index contributed by atoms with van der Waals surface area (Å²) < 4.78 is 24.8. The number of carboxylic acid groups (broad SMARTS) is 1. The van der Waals surface area contributed by atoms with Crippen LogP contribution in [0.3, 0.4) is 0 Å². The molecule has 6 nitrogen and oxygen atoms in total. The number of benzene rings is 1. The van der Waals surface area contributed by atoms with Gasteiger partial charge in [-0.1, -0.05) is 18.2 Å². The Morgan fingerprint density at radius 2 is 2.00 bits per heavy atom. The number of hydrogen-bond acceptors (Lipinski definition) is 3. The van der Waals surface area contributed by atoms with E-state index >= 15 is 0 Å². The lowest BCUT2D eigenvalue weighted by atomic mass is 10.1. The van der Waals surface area contributed by atoms with Gasteiger partial charge in [0, 0.05) is 13.6 Å². The van der Waals surface area contributed by atoms with E-state index in [1.165, 1.54) is 7.05 Å². The largest absolute Gasteiger partial charge is 0.465 e. The molecule has 1 aromatic rings.